The number of rotatable bonds is 5. The predicted octanol–water partition coefficient (Wildman–Crippen LogP) is 0.997. The summed E-state index contributed by atoms with van der Waals surface area (Å²) in [6.07, 6.45) is 5.01. The smallest absolute Gasteiger partial charge is 0.236 e. The van der Waals surface area contributed by atoms with Crippen molar-refractivity contribution in [3.63, 3.8) is 0 Å². The molecule has 3 heteroatoms. The van der Waals surface area contributed by atoms with Crippen molar-refractivity contribution in [2.24, 2.45) is 5.41 Å². The standard InChI is InChI=1S/C11H20N2O/c1-11(5-6-11)8-12-7-10(14)13(2)9-3-4-9/h9,12H,3-8H2,1-2H3. The monoisotopic (exact) mass is 196 g/mol. The third-order valence-corrected chi connectivity index (χ3v) is 3.42. The van der Waals surface area contributed by atoms with Crippen molar-refractivity contribution in [3.8, 4) is 0 Å². The van der Waals surface area contributed by atoms with Crippen molar-refractivity contribution in [1.29, 1.82) is 0 Å². The van der Waals surface area contributed by atoms with Crippen LogP contribution in [0.1, 0.15) is 32.6 Å². The van der Waals surface area contributed by atoms with Crippen molar-refractivity contribution in [2.45, 2.75) is 38.6 Å². The zero-order chi connectivity index (χ0) is 10.2. The minimum Gasteiger partial charge on any atom is -0.342 e. The largest absolute Gasteiger partial charge is 0.342 e. The van der Waals surface area contributed by atoms with Crippen molar-refractivity contribution in [3.05, 3.63) is 0 Å². The number of nitrogens with zero attached hydrogens (tertiary/aromatic N) is 1. The van der Waals surface area contributed by atoms with Gasteiger partial charge in [0.2, 0.25) is 5.91 Å². The number of hydrogen-bond donors (Lipinski definition) is 1. The molecular formula is C11H20N2O. The van der Waals surface area contributed by atoms with Gasteiger partial charge >= 0.3 is 0 Å². The van der Waals surface area contributed by atoms with Gasteiger partial charge in [-0.3, -0.25) is 4.79 Å². The molecule has 0 aromatic carbocycles. The molecule has 2 saturated carbocycles. The molecule has 0 aromatic rings. The Morgan fingerprint density at radius 3 is 2.64 bits per heavy atom. The number of hydrogen-bond acceptors (Lipinski definition) is 2. The van der Waals surface area contributed by atoms with E-state index in [-0.39, 0.29) is 5.91 Å². The van der Waals surface area contributed by atoms with Crippen LogP contribution in [0.25, 0.3) is 0 Å². The molecule has 2 fully saturated rings. The molecule has 0 radical (unpaired) electrons. The van der Waals surface area contributed by atoms with Crippen LogP contribution < -0.4 is 5.32 Å². The first-order valence-electron chi connectivity index (χ1n) is 5.57. The lowest BCUT2D eigenvalue weighted by atomic mass is 10.1. The molecule has 2 rings (SSSR count). The Hall–Kier alpha value is -0.570. The molecule has 0 atom stereocenters. The van der Waals surface area contributed by atoms with Crippen LogP contribution >= 0.6 is 0 Å². The molecule has 3 nitrogen and oxygen atoms in total. The Balaban J connectivity index is 1.62. The van der Waals surface area contributed by atoms with E-state index in [1.54, 1.807) is 0 Å². The lowest BCUT2D eigenvalue weighted by molar-refractivity contribution is -0.129. The second-order valence-electron chi connectivity index (χ2n) is 5.15. The summed E-state index contributed by atoms with van der Waals surface area (Å²) in [6.45, 7) is 3.79. The van der Waals surface area contributed by atoms with E-state index < -0.39 is 0 Å². The fourth-order valence-corrected chi connectivity index (χ4v) is 1.65. The number of carbonyl (C=O) groups excluding carboxylic acids is 1. The van der Waals surface area contributed by atoms with Crippen molar-refractivity contribution >= 4 is 5.91 Å². The van der Waals surface area contributed by atoms with E-state index in [2.05, 4.69) is 12.2 Å². The van der Waals surface area contributed by atoms with E-state index >= 15 is 0 Å². The lowest BCUT2D eigenvalue weighted by Crippen LogP contribution is -2.38. The molecule has 0 saturated heterocycles. The Labute approximate surface area is 85.8 Å². The second-order valence-corrected chi connectivity index (χ2v) is 5.15. The Morgan fingerprint density at radius 2 is 2.14 bits per heavy atom. The topological polar surface area (TPSA) is 32.3 Å². The maximum absolute atomic E-state index is 11.6. The summed E-state index contributed by atoms with van der Waals surface area (Å²) in [7, 11) is 1.92. The first kappa shape index (κ1) is 9.97. The summed E-state index contributed by atoms with van der Waals surface area (Å²) in [5, 5.41) is 3.26. The van der Waals surface area contributed by atoms with Crippen molar-refractivity contribution < 1.29 is 4.79 Å². The predicted molar refractivity (Wildman–Crippen MR) is 56.0 cm³/mol. The summed E-state index contributed by atoms with van der Waals surface area (Å²) in [4.78, 5) is 13.5. The van der Waals surface area contributed by atoms with Gasteiger partial charge in [-0.15, -0.1) is 0 Å². The van der Waals surface area contributed by atoms with E-state index in [4.69, 9.17) is 0 Å². The van der Waals surface area contributed by atoms with Gasteiger partial charge in [-0.05, 0) is 31.1 Å². The summed E-state index contributed by atoms with van der Waals surface area (Å²) in [5.41, 5.74) is 0.498. The number of likely N-dealkylation sites (N-methyl/N-ethyl adjacent to an activating group) is 1. The van der Waals surface area contributed by atoms with Crippen LogP contribution in [0.4, 0.5) is 0 Å². The minimum absolute atomic E-state index is 0.247. The van der Waals surface area contributed by atoms with Crippen molar-refractivity contribution in [1.82, 2.24) is 10.2 Å². The van der Waals surface area contributed by atoms with E-state index in [0.717, 1.165) is 6.54 Å². The van der Waals surface area contributed by atoms with Crippen LogP contribution in [0.15, 0.2) is 0 Å². The van der Waals surface area contributed by atoms with E-state index in [1.807, 2.05) is 11.9 Å². The average molecular weight is 196 g/mol. The highest BCUT2D eigenvalue weighted by Gasteiger charge is 2.37. The number of nitrogens with one attached hydrogen (secondary N) is 1. The zero-order valence-corrected chi connectivity index (χ0v) is 9.18. The third-order valence-electron chi connectivity index (χ3n) is 3.42. The van der Waals surface area contributed by atoms with Crippen LogP contribution in [0.2, 0.25) is 0 Å². The van der Waals surface area contributed by atoms with Gasteiger partial charge in [0.25, 0.3) is 0 Å². The fraction of sp³-hybridized carbons (Fsp3) is 0.909. The van der Waals surface area contributed by atoms with Crippen LogP contribution in [0.5, 0.6) is 0 Å². The molecule has 0 spiro atoms. The molecule has 0 heterocycles. The molecule has 1 amide bonds. The SMILES string of the molecule is CN(C(=O)CNCC1(C)CC1)C1CC1. The molecule has 0 bridgehead atoms. The minimum atomic E-state index is 0.247. The molecule has 14 heavy (non-hydrogen) atoms. The van der Waals surface area contributed by atoms with Crippen LogP contribution in [-0.4, -0.2) is 37.0 Å². The maximum atomic E-state index is 11.6. The average Bonchev–Trinajstić information content (AvgIpc) is 2.99. The third kappa shape index (κ3) is 2.47. The summed E-state index contributed by atoms with van der Waals surface area (Å²) in [6, 6.07) is 0.542. The summed E-state index contributed by atoms with van der Waals surface area (Å²) >= 11 is 0. The maximum Gasteiger partial charge on any atom is 0.236 e. The molecule has 80 valence electrons. The van der Waals surface area contributed by atoms with Gasteiger partial charge in [-0.2, -0.15) is 0 Å². The van der Waals surface area contributed by atoms with Crippen LogP contribution in [0, 0.1) is 5.41 Å². The Bertz CT molecular complexity index is 231. The van der Waals surface area contributed by atoms with Gasteiger partial charge in [0.05, 0.1) is 6.54 Å². The second kappa shape index (κ2) is 3.54. The molecule has 0 aromatic heterocycles. The molecular weight excluding hydrogens is 176 g/mol. The molecule has 2 aliphatic carbocycles. The van der Waals surface area contributed by atoms with Gasteiger partial charge in [0.15, 0.2) is 0 Å². The Morgan fingerprint density at radius 1 is 1.50 bits per heavy atom. The molecule has 0 aliphatic heterocycles. The van der Waals surface area contributed by atoms with Gasteiger partial charge in [0.1, 0.15) is 0 Å². The van der Waals surface area contributed by atoms with Gasteiger partial charge in [-0.1, -0.05) is 6.92 Å². The Kier molecular flexibility index (Phi) is 2.52. The van der Waals surface area contributed by atoms with Gasteiger partial charge in [0, 0.05) is 19.6 Å². The fourth-order valence-electron chi connectivity index (χ4n) is 1.65. The lowest BCUT2D eigenvalue weighted by Gasteiger charge is -2.17. The number of amides is 1. The van der Waals surface area contributed by atoms with Gasteiger partial charge < -0.3 is 10.2 Å². The molecule has 1 N–H and O–H groups in total. The number of carbonyl (C=O) groups is 1. The highest BCUT2D eigenvalue weighted by molar-refractivity contribution is 5.78. The highest BCUT2D eigenvalue weighted by atomic mass is 16.2. The summed E-state index contributed by atoms with van der Waals surface area (Å²) < 4.78 is 0. The highest BCUT2D eigenvalue weighted by Crippen LogP contribution is 2.43. The quantitative estimate of drug-likeness (QED) is 0.711. The first-order valence-corrected chi connectivity index (χ1v) is 5.57. The van der Waals surface area contributed by atoms with Crippen LogP contribution in [0.3, 0.4) is 0 Å². The van der Waals surface area contributed by atoms with Crippen LogP contribution in [-0.2, 0) is 4.79 Å². The normalized spacial score (nSPS) is 23.3. The first-order chi connectivity index (χ1) is 6.61. The van der Waals surface area contributed by atoms with Crippen molar-refractivity contribution in [2.75, 3.05) is 20.1 Å². The van der Waals surface area contributed by atoms with E-state index in [9.17, 15) is 4.79 Å². The summed E-state index contributed by atoms with van der Waals surface area (Å²) in [5.74, 6) is 0.247. The molecule has 2 aliphatic rings. The zero-order valence-electron chi connectivity index (χ0n) is 9.18. The van der Waals surface area contributed by atoms with Gasteiger partial charge in [-0.25, -0.2) is 0 Å². The molecule has 0 unspecified atom stereocenters. The van der Waals surface area contributed by atoms with E-state index in [0.29, 0.717) is 18.0 Å². The van der Waals surface area contributed by atoms with E-state index in [1.165, 1.54) is 25.7 Å².